The summed E-state index contributed by atoms with van der Waals surface area (Å²) in [5.74, 6) is 1.04. The number of aliphatic hydroxyl groups excluding tert-OH is 1. The van der Waals surface area contributed by atoms with Crippen LogP contribution in [-0.4, -0.2) is 29.8 Å². The van der Waals surface area contributed by atoms with Crippen LogP contribution < -0.4 is 10.1 Å². The fourth-order valence-corrected chi connectivity index (χ4v) is 2.60. The van der Waals surface area contributed by atoms with E-state index < -0.39 is 0 Å². The summed E-state index contributed by atoms with van der Waals surface area (Å²) < 4.78 is 5.11. The molecule has 0 radical (unpaired) electrons. The lowest BCUT2D eigenvalue weighted by atomic mass is 9.85. The van der Waals surface area contributed by atoms with E-state index in [-0.39, 0.29) is 6.61 Å². The lowest BCUT2D eigenvalue weighted by molar-refractivity contribution is 0.152. The molecule has 2 unspecified atom stereocenters. The highest BCUT2D eigenvalue weighted by atomic mass is 16.5. The number of nitrogens with one attached hydrogen (secondary N) is 1. The Balaban J connectivity index is 1.89. The molecule has 1 heterocycles. The Morgan fingerprint density at radius 2 is 2.22 bits per heavy atom. The van der Waals surface area contributed by atoms with Gasteiger partial charge in [0.1, 0.15) is 0 Å². The third kappa shape index (κ3) is 3.43. The van der Waals surface area contributed by atoms with E-state index in [1.807, 2.05) is 18.2 Å². The Bertz CT molecular complexity index is 371. The molecule has 1 fully saturated rings. The maximum absolute atomic E-state index is 9.37. The van der Waals surface area contributed by atoms with E-state index in [0.717, 1.165) is 25.1 Å². The zero-order valence-electron chi connectivity index (χ0n) is 10.9. The molecule has 4 nitrogen and oxygen atoms in total. The van der Waals surface area contributed by atoms with E-state index in [1.165, 1.54) is 12.8 Å². The second kappa shape index (κ2) is 6.71. The Morgan fingerprint density at radius 1 is 1.39 bits per heavy atom. The second-order valence-corrected chi connectivity index (χ2v) is 4.89. The van der Waals surface area contributed by atoms with Crippen molar-refractivity contribution in [3.63, 3.8) is 0 Å². The minimum Gasteiger partial charge on any atom is -0.481 e. The van der Waals surface area contributed by atoms with Crippen molar-refractivity contribution in [1.82, 2.24) is 10.3 Å². The Hall–Kier alpha value is -1.13. The standard InChI is InChI=1S/C14H22N2O2/c1-18-14-8-4-6-12(16-14)9-15-13-7-3-2-5-11(13)10-17/h4,6,8,11,13,15,17H,2-3,5,7,9-10H2,1H3. The summed E-state index contributed by atoms with van der Waals surface area (Å²) in [6.07, 6.45) is 4.76. The molecule has 100 valence electrons. The number of ether oxygens (including phenoxy) is 1. The fourth-order valence-electron chi connectivity index (χ4n) is 2.60. The SMILES string of the molecule is COc1cccc(CNC2CCCCC2CO)n1. The third-order valence-corrected chi connectivity index (χ3v) is 3.68. The van der Waals surface area contributed by atoms with Crippen molar-refractivity contribution in [2.24, 2.45) is 5.92 Å². The molecule has 1 aromatic rings. The molecular weight excluding hydrogens is 228 g/mol. The quantitative estimate of drug-likeness (QED) is 0.835. The van der Waals surface area contributed by atoms with Crippen LogP contribution in [-0.2, 0) is 6.54 Å². The lowest BCUT2D eigenvalue weighted by Crippen LogP contribution is -2.39. The molecule has 0 saturated heterocycles. The maximum Gasteiger partial charge on any atom is 0.213 e. The van der Waals surface area contributed by atoms with Crippen molar-refractivity contribution >= 4 is 0 Å². The molecule has 0 bridgehead atoms. The van der Waals surface area contributed by atoms with Gasteiger partial charge < -0.3 is 15.2 Å². The van der Waals surface area contributed by atoms with Crippen molar-refractivity contribution < 1.29 is 9.84 Å². The monoisotopic (exact) mass is 250 g/mol. The number of rotatable bonds is 5. The van der Waals surface area contributed by atoms with Crippen molar-refractivity contribution in [2.45, 2.75) is 38.3 Å². The maximum atomic E-state index is 9.37. The van der Waals surface area contributed by atoms with Gasteiger partial charge in [-0.05, 0) is 24.8 Å². The zero-order chi connectivity index (χ0) is 12.8. The van der Waals surface area contributed by atoms with Crippen molar-refractivity contribution in [3.8, 4) is 5.88 Å². The number of pyridine rings is 1. The summed E-state index contributed by atoms with van der Waals surface area (Å²) in [5, 5.41) is 12.9. The van der Waals surface area contributed by atoms with Gasteiger partial charge in [-0.3, -0.25) is 0 Å². The van der Waals surface area contributed by atoms with Gasteiger partial charge in [0.15, 0.2) is 0 Å². The van der Waals surface area contributed by atoms with E-state index in [0.29, 0.717) is 17.8 Å². The highest BCUT2D eigenvalue weighted by Gasteiger charge is 2.23. The topological polar surface area (TPSA) is 54.4 Å². The summed E-state index contributed by atoms with van der Waals surface area (Å²) in [6.45, 7) is 1.02. The first-order chi connectivity index (χ1) is 8.83. The minimum absolute atomic E-state index is 0.281. The summed E-state index contributed by atoms with van der Waals surface area (Å²) in [5.41, 5.74) is 0.983. The molecule has 2 atom stereocenters. The fraction of sp³-hybridized carbons (Fsp3) is 0.643. The summed E-state index contributed by atoms with van der Waals surface area (Å²) in [7, 11) is 1.63. The predicted octanol–water partition coefficient (Wildman–Crippen LogP) is 1.73. The average Bonchev–Trinajstić information content (AvgIpc) is 2.45. The van der Waals surface area contributed by atoms with Crippen molar-refractivity contribution in [2.75, 3.05) is 13.7 Å². The molecule has 0 aliphatic heterocycles. The van der Waals surface area contributed by atoms with Gasteiger partial charge in [-0.2, -0.15) is 0 Å². The third-order valence-electron chi connectivity index (χ3n) is 3.68. The van der Waals surface area contributed by atoms with Gasteiger partial charge in [0.05, 0.1) is 12.8 Å². The highest BCUT2D eigenvalue weighted by Crippen LogP contribution is 2.24. The normalized spacial score (nSPS) is 23.9. The Labute approximate surface area is 108 Å². The van der Waals surface area contributed by atoms with Crippen LogP contribution in [0.3, 0.4) is 0 Å². The molecular formula is C14H22N2O2. The van der Waals surface area contributed by atoms with E-state index in [1.54, 1.807) is 7.11 Å². The molecule has 1 aliphatic carbocycles. The van der Waals surface area contributed by atoms with Gasteiger partial charge in [0.25, 0.3) is 0 Å². The molecule has 2 N–H and O–H groups in total. The summed E-state index contributed by atoms with van der Waals surface area (Å²) >= 11 is 0. The van der Waals surface area contributed by atoms with Crippen LogP contribution in [0.5, 0.6) is 5.88 Å². The number of nitrogens with zero attached hydrogens (tertiary/aromatic N) is 1. The van der Waals surface area contributed by atoms with Crippen LogP contribution in [0.1, 0.15) is 31.4 Å². The number of hydrogen-bond donors (Lipinski definition) is 2. The predicted molar refractivity (Wildman–Crippen MR) is 70.5 cm³/mol. The van der Waals surface area contributed by atoms with Crippen LogP contribution in [0.4, 0.5) is 0 Å². The first-order valence-electron chi connectivity index (χ1n) is 6.67. The number of methoxy groups -OCH3 is 1. The van der Waals surface area contributed by atoms with Gasteiger partial charge in [-0.15, -0.1) is 0 Å². The first-order valence-corrected chi connectivity index (χ1v) is 6.67. The van der Waals surface area contributed by atoms with E-state index in [9.17, 15) is 5.11 Å². The Morgan fingerprint density at radius 3 is 3.00 bits per heavy atom. The smallest absolute Gasteiger partial charge is 0.213 e. The molecule has 4 heteroatoms. The minimum atomic E-state index is 0.281. The van der Waals surface area contributed by atoms with Crippen LogP contribution >= 0.6 is 0 Å². The summed E-state index contributed by atoms with van der Waals surface area (Å²) in [4.78, 5) is 4.38. The highest BCUT2D eigenvalue weighted by molar-refractivity contribution is 5.15. The average molecular weight is 250 g/mol. The summed E-state index contributed by atoms with van der Waals surface area (Å²) in [6, 6.07) is 6.21. The van der Waals surface area contributed by atoms with Crippen LogP contribution in [0.2, 0.25) is 0 Å². The molecule has 18 heavy (non-hydrogen) atoms. The first kappa shape index (κ1) is 13.3. The second-order valence-electron chi connectivity index (χ2n) is 4.89. The largest absolute Gasteiger partial charge is 0.481 e. The van der Waals surface area contributed by atoms with Gasteiger partial charge in [0.2, 0.25) is 5.88 Å². The van der Waals surface area contributed by atoms with E-state index in [4.69, 9.17) is 4.74 Å². The molecule has 0 aromatic carbocycles. The molecule has 0 amide bonds. The van der Waals surface area contributed by atoms with Crippen molar-refractivity contribution in [1.29, 1.82) is 0 Å². The molecule has 1 saturated carbocycles. The van der Waals surface area contributed by atoms with E-state index >= 15 is 0 Å². The number of hydrogen-bond acceptors (Lipinski definition) is 4. The molecule has 1 aromatic heterocycles. The zero-order valence-corrected chi connectivity index (χ0v) is 10.9. The molecule has 0 spiro atoms. The number of aromatic nitrogens is 1. The Kier molecular flexibility index (Phi) is 4.96. The lowest BCUT2D eigenvalue weighted by Gasteiger charge is -2.30. The van der Waals surface area contributed by atoms with Gasteiger partial charge in [-0.1, -0.05) is 18.9 Å². The van der Waals surface area contributed by atoms with Gasteiger partial charge >= 0.3 is 0 Å². The van der Waals surface area contributed by atoms with Crippen LogP contribution in [0.25, 0.3) is 0 Å². The molecule has 2 rings (SSSR count). The van der Waals surface area contributed by atoms with E-state index in [2.05, 4.69) is 10.3 Å². The van der Waals surface area contributed by atoms with Crippen LogP contribution in [0.15, 0.2) is 18.2 Å². The number of aliphatic hydroxyl groups is 1. The molecule has 1 aliphatic rings. The van der Waals surface area contributed by atoms with Crippen LogP contribution in [0, 0.1) is 5.92 Å². The van der Waals surface area contributed by atoms with Crippen molar-refractivity contribution in [3.05, 3.63) is 23.9 Å². The van der Waals surface area contributed by atoms with Gasteiger partial charge in [0, 0.05) is 25.3 Å². The van der Waals surface area contributed by atoms with Gasteiger partial charge in [-0.25, -0.2) is 4.98 Å².